The Morgan fingerprint density at radius 3 is 2.46 bits per heavy atom. The van der Waals surface area contributed by atoms with E-state index in [0.29, 0.717) is 13.0 Å². The Bertz CT molecular complexity index is 482. The Labute approximate surface area is 146 Å². The van der Waals surface area contributed by atoms with Crippen molar-refractivity contribution in [2.24, 2.45) is 4.99 Å². The van der Waals surface area contributed by atoms with Gasteiger partial charge in [-0.1, -0.05) is 56.9 Å². The number of aliphatic imine (C=N–C) groups is 1. The first-order chi connectivity index (χ1) is 11.7. The molecule has 0 aliphatic rings. The quantitative estimate of drug-likeness (QED) is 0.327. The minimum Gasteiger partial charge on any atom is -0.467 e. The van der Waals surface area contributed by atoms with Crippen molar-refractivity contribution >= 4 is 12.2 Å². The zero-order valence-corrected chi connectivity index (χ0v) is 15.3. The lowest BCUT2D eigenvalue weighted by molar-refractivity contribution is -0.153. The zero-order chi connectivity index (χ0) is 17.6. The van der Waals surface area contributed by atoms with Crippen LogP contribution in [0.3, 0.4) is 0 Å². The van der Waals surface area contributed by atoms with Crippen LogP contribution in [0.25, 0.3) is 0 Å². The lowest BCUT2D eigenvalue weighted by Crippen LogP contribution is -2.28. The summed E-state index contributed by atoms with van der Waals surface area (Å²) < 4.78 is 10.2. The van der Waals surface area contributed by atoms with E-state index in [2.05, 4.69) is 11.9 Å². The van der Waals surface area contributed by atoms with Gasteiger partial charge in [0.25, 0.3) is 0 Å². The van der Waals surface area contributed by atoms with Crippen LogP contribution < -0.4 is 0 Å². The molecule has 4 heteroatoms. The Morgan fingerprint density at radius 2 is 1.83 bits per heavy atom. The van der Waals surface area contributed by atoms with Gasteiger partial charge in [-0.05, 0) is 24.5 Å². The fraction of sp³-hybridized carbons (Fsp3) is 0.600. The third kappa shape index (κ3) is 8.25. The number of hydrogen-bond acceptors (Lipinski definition) is 4. The highest BCUT2D eigenvalue weighted by molar-refractivity contribution is 5.79. The van der Waals surface area contributed by atoms with E-state index in [1.165, 1.54) is 32.8 Å². The number of methoxy groups -OCH3 is 1. The minimum absolute atomic E-state index is 0.328. The van der Waals surface area contributed by atoms with Gasteiger partial charge in [0.05, 0.1) is 7.11 Å². The number of hydrogen-bond donors (Lipinski definition) is 0. The summed E-state index contributed by atoms with van der Waals surface area (Å²) in [4.78, 5) is 16.2. The number of carbonyl (C=O) groups is 1. The summed E-state index contributed by atoms with van der Waals surface area (Å²) in [5.74, 6) is -0.328. The summed E-state index contributed by atoms with van der Waals surface area (Å²) in [6.07, 6.45) is 8.22. The van der Waals surface area contributed by atoms with Gasteiger partial charge in [-0.15, -0.1) is 0 Å². The van der Waals surface area contributed by atoms with Gasteiger partial charge < -0.3 is 9.47 Å². The first kappa shape index (κ1) is 20.4. The summed E-state index contributed by atoms with van der Waals surface area (Å²) in [7, 11) is 1.39. The van der Waals surface area contributed by atoms with E-state index in [0.717, 1.165) is 24.1 Å². The number of nitrogens with zero attached hydrogens (tertiary/aromatic N) is 1. The molecule has 0 spiro atoms. The average Bonchev–Trinajstić information content (AvgIpc) is 2.61. The SMILES string of the molecule is CCCCCCC/N=C/c1ccc(CC(OCC)C(=O)OC)cc1. The second kappa shape index (κ2) is 12.7. The predicted octanol–water partition coefficient (Wildman–Crippen LogP) is 4.20. The molecule has 0 aliphatic heterocycles. The molecule has 0 aromatic heterocycles. The molecule has 134 valence electrons. The van der Waals surface area contributed by atoms with Crippen molar-refractivity contribution in [3.8, 4) is 0 Å². The molecule has 4 nitrogen and oxygen atoms in total. The molecule has 0 amide bonds. The van der Waals surface area contributed by atoms with Gasteiger partial charge in [-0.2, -0.15) is 0 Å². The van der Waals surface area contributed by atoms with Crippen molar-refractivity contribution in [3.05, 3.63) is 35.4 Å². The number of ether oxygens (including phenoxy) is 2. The van der Waals surface area contributed by atoms with Gasteiger partial charge in [0.1, 0.15) is 0 Å². The Hall–Kier alpha value is -1.68. The maximum Gasteiger partial charge on any atom is 0.335 e. The molecule has 1 unspecified atom stereocenters. The van der Waals surface area contributed by atoms with Crippen molar-refractivity contribution in [2.75, 3.05) is 20.3 Å². The van der Waals surface area contributed by atoms with Crippen molar-refractivity contribution in [1.82, 2.24) is 0 Å². The molecular formula is C20H31NO3. The lowest BCUT2D eigenvalue weighted by atomic mass is 10.1. The normalized spacial score (nSPS) is 12.5. The molecule has 24 heavy (non-hydrogen) atoms. The van der Waals surface area contributed by atoms with E-state index in [4.69, 9.17) is 9.47 Å². The van der Waals surface area contributed by atoms with Crippen molar-refractivity contribution in [1.29, 1.82) is 0 Å². The van der Waals surface area contributed by atoms with Crippen LogP contribution in [-0.2, 0) is 20.7 Å². The summed E-state index contributed by atoms with van der Waals surface area (Å²) >= 11 is 0. The molecule has 1 atom stereocenters. The molecule has 0 heterocycles. The summed E-state index contributed by atoms with van der Waals surface area (Å²) in [6, 6.07) is 8.07. The molecule has 0 bridgehead atoms. The maximum absolute atomic E-state index is 11.7. The monoisotopic (exact) mass is 333 g/mol. The molecule has 0 radical (unpaired) electrons. The number of rotatable bonds is 12. The average molecular weight is 333 g/mol. The van der Waals surface area contributed by atoms with Crippen LogP contribution in [0.5, 0.6) is 0 Å². The van der Waals surface area contributed by atoms with Gasteiger partial charge in [0, 0.05) is 25.8 Å². The second-order valence-corrected chi connectivity index (χ2v) is 5.86. The van der Waals surface area contributed by atoms with Gasteiger partial charge in [0.2, 0.25) is 0 Å². The molecule has 1 rings (SSSR count). The van der Waals surface area contributed by atoms with Crippen molar-refractivity contribution in [3.63, 3.8) is 0 Å². The van der Waals surface area contributed by atoms with Crippen LogP contribution >= 0.6 is 0 Å². The highest BCUT2D eigenvalue weighted by atomic mass is 16.6. The van der Waals surface area contributed by atoms with Crippen LogP contribution in [-0.4, -0.2) is 38.5 Å². The van der Waals surface area contributed by atoms with Gasteiger partial charge in [0.15, 0.2) is 6.10 Å². The van der Waals surface area contributed by atoms with E-state index in [9.17, 15) is 4.79 Å². The maximum atomic E-state index is 11.7. The fourth-order valence-electron chi connectivity index (χ4n) is 2.47. The van der Waals surface area contributed by atoms with Crippen LogP contribution in [0, 0.1) is 0 Å². The minimum atomic E-state index is -0.539. The third-order valence-electron chi connectivity index (χ3n) is 3.86. The Kier molecular flexibility index (Phi) is 10.8. The predicted molar refractivity (Wildman–Crippen MR) is 98.8 cm³/mol. The summed E-state index contributed by atoms with van der Waals surface area (Å²) in [5.41, 5.74) is 2.13. The van der Waals surface area contributed by atoms with E-state index < -0.39 is 6.10 Å². The first-order valence-corrected chi connectivity index (χ1v) is 8.99. The smallest absolute Gasteiger partial charge is 0.335 e. The number of benzene rings is 1. The van der Waals surface area contributed by atoms with Crippen LogP contribution in [0.2, 0.25) is 0 Å². The standard InChI is InChI=1S/C20H31NO3/c1-4-6-7-8-9-14-21-16-18-12-10-17(11-13-18)15-19(24-5-2)20(22)23-3/h10-13,16,19H,4-9,14-15H2,1-3H3/b21-16+. The third-order valence-corrected chi connectivity index (χ3v) is 3.86. The Morgan fingerprint density at radius 1 is 1.12 bits per heavy atom. The molecule has 1 aromatic rings. The van der Waals surface area contributed by atoms with E-state index in [1.807, 2.05) is 37.4 Å². The second-order valence-electron chi connectivity index (χ2n) is 5.86. The van der Waals surface area contributed by atoms with Crippen LogP contribution in [0.4, 0.5) is 0 Å². The molecule has 0 saturated carbocycles. The van der Waals surface area contributed by atoms with Gasteiger partial charge >= 0.3 is 5.97 Å². The van der Waals surface area contributed by atoms with Crippen molar-refractivity contribution in [2.45, 2.75) is 58.5 Å². The molecule has 0 saturated heterocycles. The summed E-state index contributed by atoms with van der Waals surface area (Å²) in [5, 5.41) is 0. The van der Waals surface area contributed by atoms with Crippen LogP contribution in [0.1, 0.15) is 57.1 Å². The fourth-order valence-corrected chi connectivity index (χ4v) is 2.47. The van der Waals surface area contributed by atoms with E-state index >= 15 is 0 Å². The largest absolute Gasteiger partial charge is 0.467 e. The van der Waals surface area contributed by atoms with Crippen LogP contribution in [0.15, 0.2) is 29.3 Å². The van der Waals surface area contributed by atoms with Crippen molar-refractivity contribution < 1.29 is 14.3 Å². The van der Waals surface area contributed by atoms with Gasteiger partial charge in [-0.3, -0.25) is 4.99 Å². The highest BCUT2D eigenvalue weighted by Crippen LogP contribution is 2.09. The highest BCUT2D eigenvalue weighted by Gasteiger charge is 2.19. The number of unbranched alkanes of at least 4 members (excludes halogenated alkanes) is 4. The number of carbonyl (C=O) groups excluding carboxylic acids is 1. The zero-order valence-electron chi connectivity index (χ0n) is 15.3. The van der Waals surface area contributed by atoms with Gasteiger partial charge in [-0.25, -0.2) is 4.79 Å². The van der Waals surface area contributed by atoms with E-state index in [-0.39, 0.29) is 5.97 Å². The number of esters is 1. The topological polar surface area (TPSA) is 47.9 Å². The Balaban J connectivity index is 2.42. The molecule has 0 aliphatic carbocycles. The molecule has 0 N–H and O–H groups in total. The lowest BCUT2D eigenvalue weighted by Gasteiger charge is -2.14. The first-order valence-electron chi connectivity index (χ1n) is 8.99. The molecule has 0 fully saturated rings. The summed E-state index contributed by atoms with van der Waals surface area (Å²) in [6.45, 7) is 5.48. The van der Waals surface area contributed by atoms with E-state index in [1.54, 1.807) is 0 Å². The molecule has 1 aromatic carbocycles. The molecular weight excluding hydrogens is 302 g/mol.